The van der Waals surface area contributed by atoms with E-state index in [-0.39, 0.29) is 5.91 Å². The van der Waals surface area contributed by atoms with Crippen molar-refractivity contribution in [1.29, 1.82) is 0 Å². The second-order valence-electron chi connectivity index (χ2n) is 3.86. The summed E-state index contributed by atoms with van der Waals surface area (Å²) in [6.45, 7) is 6.33. The summed E-state index contributed by atoms with van der Waals surface area (Å²) in [6.07, 6.45) is 0.476. The minimum Gasteiger partial charge on any atom is -0.370 e. The minimum atomic E-state index is -0.202. The van der Waals surface area contributed by atoms with Gasteiger partial charge >= 0.3 is 0 Å². The molecule has 0 spiro atoms. The third-order valence-electron chi connectivity index (χ3n) is 2.66. The first kappa shape index (κ1) is 10.5. The van der Waals surface area contributed by atoms with Crippen molar-refractivity contribution in [2.45, 2.75) is 19.4 Å². The zero-order valence-corrected chi connectivity index (χ0v) is 8.49. The highest BCUT2D eigenvalue weighted by Gasteiger charge is 2.19. The third-order valence-corrected chi connectivity index (χ3v) is 2.66. The molecule has 1 amide bonds. The van der Waals surface area contributed by atoms with Crippen LogP contribution < -0.4 is 5.73 Å². The fraction of sp³-hybridized carbons (Fsp3) is 0.889. The lowest BCUT2D eigenvalue weighted by Crippen LogP contribution is -2.48. The highest BCUT2D eigenvalue weighted by molar-refractivity contribution is 5.74. The zero-order valence-electron chi connectivity index (χ0n) is 8.49. The van der Waals surface area contributed by atoms with Crippen LogP contribution in [0.4, 0.5) is 0 Å². The highest BCUT2D eigenvalue weighted by atomic mass is 16.1. The van der Waals surface area contributed by atoms with Crippen molar-refractivity contribution in [1.82, 2.24) is 9.80 Å². The molecular weight excluding hydrogens is 166 g/mol. The number of nitrogens with two attached hydrogens (primary N) is 1. The van der Waals surface area contributed by atoms with Crippen LogP contribution in [0.15, 0.2) is 0 Å². The Morgan fingerprint density at radius 2 is 1.92 bits per heavy atom. The molecule has 4 heteroatoms. The van der Waals surface area contributed by atoms with Gasteiger partial charge in [-0.1, -0.05) is 0 Å². The predicted molar refractivity (Wildman–Crippen MR) is 52.3 cm³/mol. The maximum absolute atomic E-state index is 10.7. The van der Waals surface area contributed by atoms with Crippen LogP contribution in [-0.4, -0.2) is 55.0 Å². The van der Waals surface area contributed by atoms with E-state index in [1.807, 2.05) is 0 Å². The van der Waals surface area contributed by atoms with Crippen LogP contribution in [0.25, 0.3) is 0 Å². The van der Waals surface area contributed by atoms with Crippen LogP contribution in [0.5, 0.6) is 0 Å². The van der Waals surface area contributed by atoms with Crippen LogP contribution >= 0.6 is 0 Å². The molecule has 2 N–H and O–H groups in total. The molecule has 1 heterocycles. The normalized spacial score (nSPS) is 22.9. The Hall–Kier alpha value is -0.610. The van der Waals surface area contributed by atoms with E-state index in [1.165, 1.54) is 0 Å². The number of piperazine rings is 1. The van der Waals surface area contributed by atoms with Crippen LogP contribution in [0, 0.1) is 0 Å². The second kappa shape index (κ2) is 4.58. The Morgan fingerprint density at radius 1 is 1.38 bits per heavy atom. The van der Waals surface area contributed by atoms with Gasteiger partial charge in [0.05, 0.1) is 0 Å². The van der Waals surface area contributed by atoms with Crippen molar-refractivity contribution in [2.24, 2.45) is 5.73 Å². The topological polar surface area (TPSA) is 49.6 Å². The average Bonchev–Trinajstić information content (AvgIpc) is 2.04. The summed E-state index contributed by atoms with van der Waals surface area (Å²) in [5, 5.41) is 0. The number of carbonyl (C=O) groups is 1. The van der Waals surface area contributed by atoms with Gasteiger partial charge in [0.25, 0.3) is 0 Å². The van der Waals surface area contributed by atoms with Crippen molar-refractivity contribution in [3.63, 3.8) is 0 Å². The lowest BCUT2D eigenvalue weighted by atomic mass is 10.1. The second-order valence-corrected chi connectivity index (χ2v) is 3.86. The Morgan fingerprint density at radius 3 is 2.38 bits per heavy atom. The Kier molecular flexibility index (Phi) is 3.69. The molecule has 1 saturated heterocycles. The summed E-state index contributed by atoms with van der Waals surface area (Å²) < 4.78 is 0. The van der Waals surface area contributed by atoms with E-state index in [2.05, 4.69) is 23.8 Å². The molecule has 1 aliphatic heterocycles. The first-order chi connectivity index (χ1) is 6.09. The van der Waals surface area contributed by atoms with Crippen molar-refractivity contribution >= 4 is 5.91 Å². The fourth-order valence-electron chi connectivity index (χ4n) is 1.68. The van der Waals surface area contributed by atoms with Crippen molar-refractivity contribution in [3.8, 4) is 0 Å². The van der Waals surface area contributed by atoms with Gasteiger partial charge in [-0.25, -0.2) is 0 Å². The van der Waals surface area contributed by atoms with E-state index in [0.717, 1.165) is 26.2 Å². The van der Waals surface area contributed by atoms with Crippen LogP contribution in [-0.2, 0) is 4.79 Å². The highest BCUT2D eigenvalue weighted by Crippen LogP contribution is 2.07. The molecule has 0 aromatic rings. The van der Waals surface area contributed by atoms with E-state index in [1.54, 1.807) is 0 Å². The molecule has 0 aromatic heterocycles. The number of likely N-dealkylation sites (N-methyl/N-ethyl adjacent to an activating group) is 1. The zero-order chi connectivity index (χ0) is 9.84. The molecule has 0 aliphatic carbocycles. The molecule has 76 valence electrons. The number of hydrogen-bond acceptors (Lipinski definition) is 3. The number of nitrogens with zero attached hydrogens (tertiary/aromatic N) is 2. The van der Waals surface area contributed by atoms with E-state index in [4.69, 9.17) is 5.73 Å². The lowest BCUT2D eigenvalue weighted by molar-refractivity contribution is -0.119. The number of hydrogen-bond donors (Lipinski definition) is 1. The van der Waals surface area contributed by atoms with Gasteiger partial charge in [0, 0.05) is 38.6 Å². The molecule has 0 saturated carbocycles. The monoisotopic (exact) mass is 185 g/mol. The van der Waals surface area contributed by atoms with Gasteiger partial charge in [0.1, 0.15) is 0 Å². The van der Waals surface area contributed by atoms with Crippen molar-refractivity contribution in [2.75, 3.05) is 33.2 Å². The molecule has 1 atom stereocenters. The maximum Gasteiger partial charge on any atom is 0.218 e. The molecule has 0 radical (unpaired) electrons. The number of carbonyl (C=O) groups excluding carboxylic acids is 1. The summed E-state index contributed by atoms with van der Waals surface area (Å²) >= 11 is 0. The van der Waals surface area contributed by atoms with Crippen LogP contribution in [0.3, 0.4) is 0 Å². The number of primary amides is 1. The van der Waals surface area contributed by atoms with E-state index in [0.29, 0.717) is 12.5 Å². The minimum absolute atomic E-state index is 0.202. The summed E-state index contributed by atoms with van der Waals surface area (Å²) in [5.41, 5.74) is 5.15. The van der Waals surface area contributed by atoms with E-state index in [9.17, 15) is 4.79 Å². The Bertz CT molecular complexity index is 176. The quantitative estimate of drug-likeness (QED) is 0.645. The van der Waals surface area contributed by atoms with Crippen molar-refractivity contribution in [3.05, 3.63) is 0 Å². The molecular formula is C9H19N3O. The van der Waals surface area contributed by atoms with Gasteiger partial charge in [-0.15, -0.1) is 0 Å². The molecule has 0 bridgehead atoms. The number of amides is 1. The fourth-order valence-corrected chi connectivity index (χ4v) is 1.68. The summed E-state index contributed by atoms with van der Waals surface area (Å²) in [4.78, 5) is 15.3. The van der Waals surface area contributed by atoms with Gasteiger partial charge < -0.3 is 10.6 Å². The SMILES string of the molecule is CC(CC(N)=O)N1CCN(C)CC1. The van der Waals surface area contributed by atoms with Crippen LogP contribution in [0.1, 0.15) is 13.3 Å². The predicted octanol–water partition coefficient (Wildman–Crippen LogP) is -0.502. The first-order valence-corrected chi connectivity index (χ1v) is 4.80. The molecule has 1 aliphatic rings. The van der Waals surface area contributed by atoms with E-state index >= 15 is 0 Å². The van der Waals surface area contributed by atoms with Crippen LogP contribution in [0.2, 0.25) is 0 Å². The summed E-state index contributed by atoms with van der Waals surface area (Å²) in [5.74, 6) is -0.202. The standard InChI is InChI=1S/C9H19N3O/c1-8(7-9(10)13)12-5-3-11(2)4-6-12/h8H,3-7H2,1-2H3,(H2,10,13). The van der Waals surface area contributed by atoms with Gasteiger partial charge in [-0.2, -0.15) is 0 Å². The van der Waals surface area contributed by atoms with Crippen molar-refractivity contribution < 1.29 is 4.79 Å². The summed E-state index contributed by atoms with van der Waals surface area (Å²) in [6, 6.07) is 0.297. The van der Waals surface area contributed by atoms with Gasteiger partial charge in [0.15, 0.2) is 0 Å². The molecule has 1 unspecified atom stereocenters. The molecule has 4 nitrogen and oxygen atoms in total. The Balaban J connectivity index is 2.31. The molecule has 0 aromatic carbocycles. The largest absolute Gasteiger partial charge is 0.370 e. The van der Waals surface area contributed by atoms with E-state index < -0.39 is 0 Å². The molecule has 1 fully saturated rings. The maximum atomic E-state index is 10.7. The third kappa shape index (κ3) is 3.32. The number of rotatable bonds is 3. The lowest BCUT2D eigenvalue weighted by Gasteiger charge is -2.36. The van der Waals surface area contributed by atoms with Gasteiger partial charge in [0.2, 0.25) is 5.91 Å². The van der Waals surface area contributed by atoms with Gasteiger partial charge in [-0.3, -0.25) is 9.69 Å². The molecule has 1 rings (SSSR count). The summed E-state index contributed by atoms with van der Waals surface area (Å²) in [7, 11) is 2.12. The smallest absolute Gasteiger partial charge is 0.218 e. The molecule has 13 heavy (non-hydrogen) atoms. The first-order valence-electron chi connectivity index (χ1n) is 4.80. The van der Waals surface area contributed by atoms with Gasteiger partial charge in [-0.05, 0) is 14.0 Å². The average molecular weight is 185 g/mol. The Labute approximate surface area is 79.7 Å².